The molecule has 0 aromatic carbocycles. The van der Waals surface area contributed by atoms with Gasteiger partial charge in [-0.2, -0.15) is 0 Å². The zero-order valence-electron chi connectivity index (χ0n) is 14.2. The van der Waals surface area contributed by atoms with Crippen LogP contribution in [0.1, 0.15) is 34.1 Å². The summed E-state index contributed by atoms with van der Waals surface area (Å²) in [5, 5.41) is 3.04. The maximum absolute atomic E-state index is 12.4. The van der Waals surface area contributed by atoms with Crippen molar-refractivity contribution < 1.29 is 14.3 Å². The van der Waals surface area contributed by atoms with Gasteiger partial charge in [-0.25, -0.2) is 0 Å². The van der Waals surface area contributed by atoms with Gasteiger partial charge in [-0.3, -0.25) is 14.5 Å². The average molecular weight is 311 g/mol. The SMILES string of the molecule is CC(C)N1C[C@H](C(=O)NCC(C)(C)N2CCOCC2)CC1=O. The summed E-state index contributed by atoms with van der Waals surface area (Å²) in [4.78, 5) is 28.4. The minimum absolute atomic E-state index is 0.00201. The highest BCUT2D eigenvalue weighted by atomic mass is 16.5. The maximum Gasteiger partial charge on any atom is 0.225 e. The van der Waals surface area contributed by atoms with Crippen LogP contribution in [-0.2, 0) is 14.3 Å². The van der Waals surface area contributed by atoms with Crippen molar-refractivity contribution in [3.05, 3.63) is 0 Å². The van der Waals surface area contributed by atoms with Gasteiger partial charge in [0.2, 0.25) is 11.8 Å². The molecule has 6 heteroatoms. The molecule has 0 spiro atoms. The van der Waals surface area contributed by atoms with Gasteiger partial charge >= 0.3 is 0 Å². The van der Waals surface area contributed by atoms with Crippen LogP contribution >= 0.6 is 0 Å². The summed E-state index contributed by atoms with van der Waals surface area (Å²) >= 11 is 0. The van der Waals surface area contributed by atoms with Crippen molar-refractivity contribution in [3.8, 4) is 0 Å². The van der Waals surface area contributed by atoms with Crippen molar-refractivity contribution >= 4 is 11.8 Å². The fourth-order valence-electron chi connectivity index (χ4n) is 3.13. The second-order valence-corrected chi connectivity index (χ2v) is 7.17. The summed E-state index contributed by atoms with van der Waals surface area (Å²) in [5.41, 5.74) is -0.0974. The van der Waals surface area contributed by atoms with Crippen molar-refractivity contribution in [2.45, 2.75) is 45.7 Å². The molecule has 2 amide bonds. The molecule has 2 saturated heterocycles. The summed E-state index contributed by atoms with van der Waals surface area (Å²) < 4.78 is 5.38. The van der Waals surface area contributed by atoms with Crippen LogP contribution in [0, 0.1) is 5.92 Å². The standard InChI is InChI=1S/C16H29N3O3/c1-12(2)19-10-13(9-14(19)20)15(21)17-11-16(3,4)18-5-7-22-8-6-18/h12-13H,5-11H2,1-4H3,(H,17,21)/t13-/m1/s1. The Bertz CT molecular complexity index is 417. The van der Waals surface area contributed by atoms with E-state index in [0.29, 0.717) is 19.5 Å². The van der Waals surface area contributed by atoms with Gasteiger partial charge in [0.1, 0.15) is 0 Å². The molecule has 2 aliphatic rings. The minimum atomic E-state index is -0.213. The Hall–Kier alpha value is -1.14. The molecule has 0 saturated carbocycles. The lowest BCUT2D eigenvalue weighted by atomic mass is 10.0. The summed E-state index contributed by atoms with van der Waals surface area (Å²) in [6.45, 7) is 12.7. The molecule has 0 aliphatic carbocycles. The lowest BCUT2D eigenvalue weighted by Crippen LogP contribution is -2.55. The molecule has 0 bridgehead atoms. The fourth-order valence-corrected chi connectivity index (χ4v) is 3.13. The Labute approximate surface area is 133 Å². The van der Waals surface area contributed by atoms with Crippen molar-refractivity contribution in [1.29, 1.82) is 0 Å². The number of carbonyl (C=O) groups excluding carboxylic acids is 2. The number of ether oxygens (including phenoxy) is 1. The normalized spacial score (nSPS) is 24.1. The van der Waals surface area contributed by atoms with Crippen molar-refractivity contribution in [2.24, 2.45) is 5.92 Å². The zero-order chi connectivity index (χ0) is 16.3. The van der Waals surface area contributed by atoms with E-state index in [1.807, 2.05) is 13.8 Å². The second kappa shape index (κ2) is 6.96. The Morgan fingerprint density at radius 2 is 2.00 bits per heavy atom. The van der Waals surface area contributed by atoms with Gasteiger partial charge in [0, 0.05) is 44.2 Å². The third kappa shape index (κ3) is 3.98. The number of carbonyl (C=O) groups is 2. The van der Waals surface area contributed by atoms with Crippen LogP contribution in [0.5, 0.6) is 0 Å². The molecular weight excluding hydrogens is 282 g/mol. The van der Waals surface area contributed by atoms with Crippen LogP contribution in [0.2, 0.25) is 0 Å². The van der Waals surface area contributed by atoms with Crippen molar-refractivity contribution in [1.82, 2.24) is 15.1 Å². The molecule has 1 atom stereocenters. The fraction of sp³-hybridized carbons (Fsp3) is 0.875. The Morgan fingerprint density at radius 1 is 1.36 bits per heavy atom. The van der Waals surface area contributed by atoms with Gasteiger partial charge in [-0.1, -0.05) is 0 Å². The number of morpholine rings is 1. The Balaban J connectivity index is 1.83. The predicted molar refractivity (Wildman–Crippen MR) is 84.4 cm³/mol. The molecule has 0 aromatic heterocycles. The van der Waals surface area contributed by atoms with E-state index < -0.39 is 0 Å². The first-order valence-corrected chi connectivity index (χ1v) is 8.21. The molecule has 2 aliphatic heterocycles. The summed E-state index contributed by atoms with van der Waals surface area (Å²) in [6.07, 6.45) is 0.335. The first-order valence-electron chi connectivity index (χ1n) is 8.21. The molecule has 22 heavy (non-hydrogen) atoms. The van der Waals surface area contributed by atoms with Gasteiger partial charge in [0.25, 0.3) is 0 Å². The molecule has 0 radical (unpaired) electrons. The van der Waals surface area contributed by atoms with E-state index in [1.54, 1.807) is 4.90 Å². The number of nitrogens with zero attached hydrogens (tertiary/aromatic N) is 2. The van der Waals surface area contributed by atoms with Crippen LogP contribution in [-0.4, -0.2) is 72.6 Å². The molecule has 2 rings (SSSR count). The van der Waals surface area contributed by atoms with Gasteiger partial charge in [-0.05, 0) is 27.7 Å². The minimum Gasteiger partial charge on any atom is -0.379 e. The smallest absolute Gasteiger partial charge is 0.225 e. The molecule has 0 aromatic rings. The van der Waals surface area contributed by atoms with Gasteiger partial charge in [0.15, 0.2) is 0 Å². The van der Waals surface area contributed by atoms with Gasteiger partial charge in [0.05, 0.1) is 19.1 Å². The first-order chi connectivity index (χ1) is 10.3. The average Bonchev–Trinajstić information content (AvgIpc) is 2.88. The number of hydrogen-bond donors (Lipinski definition) is 1. The zero-order valence-corrected chi connectivity index (χ0v) is 14.2. The van der Waals surface area contributed by atoms with E-state index in [2.05, 4.69) is 24.1 Å². The Morgan fingerprint density at radius 3 is 2.55 bits per heavy atom. The van der Waals surface area contributed by atoms with E-state index in [4.69, 9.17) is 4.74 Å². The van der Waals surface area contributed by atoms with E-state index in [1.165, 1.54) is 0 Å². The molecule has 1 N–H and O–H groups in total. The third-order valence-electron chi connectivity index (χ3n) is 4.71. The number of rotatable bonds is 5. The topological polar surface area (TPSA) is 61.9 Å². The highest BCUT2D eigenvalue weighted by molar-refractivity contribution is 5.89. The van der Waals surface area contributed by atoms with Crippen LogP contribution < -0.4 is 5.32 Å². The largest absolute Gasteiger partial charge is 0.379 e. The van der Waals surface area contributed by atoms with Crippen LogP contribution in [0.25, 0.3) is 0 Å². The molecule has 6 nitrogen and oxygen atoms in total. The number of likely N-dealkylation sites (tertiary alicyclic amines) is 1. The maximum atomic E-state index is 12.4. The Kier molecular flexibility index (Phi) is 5.45. The predicted octanol–water partition coefficient (Wildman–Crippen LogP) is 0.470. The van der Waals surface area contributed by atoms with Gasteiger partial charge in [-0.15, -0.1) is 0 Å². The monoisotopic (exact) mass is 311 g/mol. The summed E-state index contributed by atoms with van der Waals surface area (Å²) in [7, 11) is 0. The molecule has 0 unspecified atom stereocenters. The van der Waals surface area contributed by atoms with Crippen LogP contribution in [0.15, 0.2) is 0 Å². The summed E-state index contributed by atoms with van der Waals surface area (Å²) in [5.74, 6) is -0.129. The number of nitrogens with one attached hydrogen (secondary N) is 1. The second-order valence-electron chi connectivity index (χ2n) is 7.17. The van der Waals surface area contributed by atoms with Crippen LogP contribution in [0.4, 0.5) is 0 Å². The molecular formula is C16H29N3O3. The quantitative estimate of drug-likeness (QED) is 0.802. The van der Waals surface area contributed by atoms with E-state index in [-0.39, 0.29) is 29.3 Å². The number of amides is 2. The first kappa shape index (κ1) is 17.2. The lowest BCUT2D eigenvalue weighted by molar-refractivity contribution is -0.130. The molecule has 2 fully saturated rings. The van der Waals surface area contributed by atoms with E-state index in [9.17, 15) is 9.59 Å². The third-order valence-corrected chi connectivity index (χ3v) is 4.71. The molecule has 2 heterocycles. The van der Waals surface area contributed by atoms with E-state index >= 15 is 0 Å². The molecule has 126 valence electrons. The number of hydrogen-bond acceptors (Lipinski definition) is 4. The van der Waals surface area contributed by atoms with E-state index in [0.717, 1.165) is 26.3 Å². The highest BCUT2D eigenvalue weighted by Gasteiger charge is 2.36. The summed E-state index contributed by atoms with van der Waals surface area (Å²) in [6, 6.07) is 0.162. The highest BCUT2D eigenvalue weighted by Crippen LogP contribution is 2.21. The van der Waals surface area contributed by atoms with Gasteiger partial charge < -0.3 is 15.0 Å². The van der Waals surface area contributed by atoms with Crippen molar-refractivity contribution in [2.75, 3.05) is 39.4 Å². The van der Waals surface area contributed by atoms with Crippen molar-refractivity contribution in [3.63, 3.8) is 0 Å². The van der Waals surface area contributed by atoms with Crippen LogP contribution in [0.3, 0.4) is 0 Å². The lowest BCUT2D eigenvalue weighted by Gasteiger charge is -2.41.